The summed E-state index contributed by atoms with van der Waals surface area (Å²) in [5, 5.41) is 12.8. The minimum absolute atomic E-state index is 0.156. The van der Waals surface area contributed by atoms with E-state index in [4.69, 9.17) is 9.47 Å². The van der Waals surface area contributed by atoms with E-state index in [1.165, 1.54) is 0 Å². The predicted molar refractivity (Wildman–Crippen MR) is 56.5 cm³/mol. The molecule has 0 radical (unpaired) electrons. The summed E-state index contributed by atoms with van der Waals surface area (Å²) in [6.45, 7) is 2.27. The highest BCUT2D eigenvalue weighted by molar-refractivity contribution is 5.54. The van der Waals surface area contributed by atoms with Crippen molar-refractivity contribution in [2.45, 2.75) is 19.4 Å². The minimum Gasteiger partial charge on any atom is -0.504 e. The normalized spacial score (nSPS) is 15.3. The molecule has 1 heterocycles. The van der Waals surface area contributed by atoms with Crippen LogP contribution in [0.25, 0.3) is 0 Å². The second-order valence-corrected chi connectivity index (χ2v) is 3.74. The number of benzene rings is 1. The predicted octanol–water partition coefficient (Wildman–Crippen LogP) is 1.27. The zero-order chi connectivity index (χ0) is 10.8. The first kappa shape index (κ1) is 10.1. The van der Waals surface area contributed by atoms with E-state index < -0.39 is 0 Å². The van der Waals surface area contributed by atoms with Gasteiger partial charge in [-0.1, -0.05) is 0 Å². The lowest BCUT2D eigenvalue weighted by atomic mass is 10.1. The molecule has 0 fully saturated rings. The minimum atomic E-state index is 0.156. The summed E-state index contributed by atoms with van der Waals surface area (Å²) in [5.41, 5.74) is 1.04. The van der Waals surface area contributed by atoms with E-state index in [0.29, 0.717) is 17.5 Å². The molecule has 4 nitrogen and oxygen atoms in total. The van der Waals surface area contributed by atoms with E-state index in [0.717, 1.165) is 12.0 Å². The van der Waals surface area contributed by atoms with Gasteiger partial charge in [0.1, 0.15) is 0 Å². The van der Waals surface area contributed by atoms with E-state index in [1.807, 2.05) is 13.1 Å². The molecule has 1 aromatic rings. The van der Waals surface area contributed by atoms with Gasteiger partial charge in [-0.25, -0.2) is 0 Å². The maximum Gasteiger partial charge on any atom is 0.231 e. The van der Waals surface area contributed by atoms with Gasteiger partial charge in [-0.2, -0.15) is 0 Å². The van der Waals surface area contributed by atoms with Crippen molar-refractivity contribution in [3.8, 4) is 17.2 Å². The van der Waals surface area contributed by atoms with Crippen LogP contribution in [0.1, 0.15) is 12.5 Å². The van der Waals surface area contributed by atoms with Crippen LogP contribution in [-0.4, -0.2) is 25.0 Å². The number of fused-ring (bicyclic) bond motifs is 1. The maximum absolute atomic E-state index is 9.67. The summed E-state index contributed by atoms with van der Waals surface area (Å²) in [4.78, 5) is 0. The van der Waals surface area contributed by atoms with Crippen molar-refractivity contribution >= 4 is 0 Å². The van der Waals surface area contributed by atoms with Crippen LogP contribution in [0.15, 0.2) is 12.1 Å². The highest BCUT2D eigenvalue weighted by atomic mass is 16.7. The fourth-order valence-electron chi connectivity index (χ4n) is 1.62. The van der Waals surface area contributed by atoms with E-state index >= 15 is 0 Å². The van der Waals surface area contributed by atoms with E-state index in [9.17, 15) is 5.11 Å². The summed E-state index contributed by atoms with van der Waals surface area (Å²) >= 11 is 0. The lowest BCUT2D eigenvalue weighted by molar-refractivity contribution is 0.171. The molecule has 0 aliphatic carbocycles. The second kappa shape index (κ2) is 3.98. The summed E-state index contributed by atoms with van der Waals surface area (Å²) in [6.07, 6.45) is 0.848. The molecule has 1 aromatic carbocycles. The van der Waals surface area contributed by atoms with Gasteiger partial charge >= 0.3 is 0 Å². The Bertz CT molecular complexity index is 365. The van der Waals surface area contributed by atoms with E-state index in [2.05, 4.69) is 12.2 Å². The Kier molecular flexibility index (Phi) is 2.68. The average Bonchev–Trinajstić information content (AvgIpc) is 2.66. The monoisotopic (exact) mass is 209 g/mol. The second-order valence-electron chi connectivity index (χ2n) is 3.74. The zero-order valence-corrected chi connectivity index (χ0v) is 8.91. The van der Waals surface area contributed by atoms with Crippen molar-refractivity contribution in [2.24, 2.45) is 0 Å². The van der Waals surface area contributed by atoms with E-state index in [-0.39, 0.29) is 12.5 Å². The molecule has 2 rings (SSSR count). The van der Waals surface area contributed by atoms with Gasteiger partial charge in [0.15, 0.2) is 11.5 Å². The number of aromatic hydroxyl groups is 1. The lowest BCUT2D eigenvalue weighted by Gasteiger charge is -2.10. The van der Waals surface area contributed by atoms with Gasteiger partial charge in [0, 0.05) is 6.04 Å². The molecule has 0 amide bonds. The van der Waals surface area contributed by atoms with Gasteiger partial charge in [-0.05, 0) is 38.1 Å². The van der Waals surface area contributed by atoms with Gasteiger partial charge in [-0.3, -0.25) is 0 Å². The van der Waals surface area contributed by atoms with Crippen LogP contribution >= 0.6 is 0 Å². The lowest BCUT2D eigenvalue weighted by Crippen LogP contribution is -2.23. The Balaban J connectivity index is 2.23. The molecule has 0 unspecified atom stereocenters. The molecule has 1 aliphatic heterocycles. The third kappa shape index (κ3) is 1.99. The molecule has 15 heavy (non-hydrogen) atoms. The van der Waals surface area contributed by atoms with Gasteiger partial charge in [0.2, 0.25) is 12.5 Å². The number of hydrogen-bond acceptors (Lipinski definition) is 4. The van der Waals surface area contributed by atoms with E-state index in [1.54, 1.807) is 6.07 Å². The summed E-state index contributed by atoms with van der Waals surface area (Å²) in [7, 11) is 1.91. The van der Waals surface area contributed by atoms with Gasteiger partial charge < -0.3 is 19.9 Å². The van der Waals surface area contributed by atoms with Crippen LogP contribution in [0.3, 0.4) is 0 Å². The van der Waals surface area contributed by atoms with Gasteiger partial charge in [0.05, 0.1) is 0 Å². The van der Waals surface area contributed by atoms with Gasteiger partial charge in [-0.15, -0.1) is 0 Å². The smallest absolute Gasteiger partial charge is 0.231 e. The summed E-state index contributed by atoms with van der Waals surface area (Å²) in [5.74, 6) is 1.24. The third-order valence-electron chi connectivity index (χ3n) is 2.55. The third-order valence-corrected chi connectivity index (χ3v) is 2.55. The standard InChI is InChI=1S/C11H15NO3/c1-7(12-2)3-8-4-9(13)11-10(5-8)14-6-15-11/h4-5,7,12-13H,3,6H2,1-2H3/t7-/m1/s1. The van der Waals surface area contributed by atoms with Crippen LogP contribution < -0.4 is 14.8 Å². The molecule has 2 N–H and O–H groups in total. The first-order valence-electron chi connectivity index (χ1n) is 4.99. The van der Waals surface area contributed by atoms with Crippen molar-refractivity contribution in [1.29, 1.82) is 0 Å². The number of phenols is 1. The first-order chi connectivity index (χ1) is 7.20. The highest BCUT2D eigenvalue weighted by Crippen LogP contribution is 2.41. The highest BCUT2D eigenvalue weighted by Gasteiger charge is 2.19. The Hall–Kier alpha value is -1.42. The fraction of sp³-hybridized carbons (Fsp3) is 0.455. The van der Waals surface area contributed by atoms with Crippen LogP contribution in [0.5, 0.6) is 17.2 Å². The van der Waals surface area contributed by atoms with Crippen molar-refractivity contribution in [2.75, 3.05) is 13.8 Å². The molecule has 0 spiro atoms. The molecule has 0 saturated heterocycles. The molecule has 0 bridgehead atoms. The number of rotatable bonds is 3. The fourth-order valence-corrected chi connectivity index (χ4v) is 1.62. The molecule has 4 heteroatoms. The summed E-state index contributed by atoms with van der Waals surface area (Å²) < 4.78 is 10.4. The Morgan fingerprint density at radius 3 is 3.00 bits per heavy atom. The number of likely N-dealkylation sites (N-methyl/N-ethyl adjacent to an activating group) is 1. The maximum atomic E-state index is 9.67. The Morgan fingerprint density at radius 1 is 1.47 bits per heavy atom. The topological polar surface area (TPSA) is 50.7 Å². The van der Waals surface area contributed by atoms with Gasteiger partial charge in [0.25, 0.3) is 0 Å². The quantitative estimate of drug-likeness (QED) is 0.787. The number of ether oxygens (including phenoxy) is 2. The van der Waals surface area contributed by atoms with Crippen molar-refractivity contribution in [3.63, 3.8) is 0 Å². The SMILES string of the molecule is CN[C@H](C)Cc1cc(O)c2c(c1)OCO2. The zero-order valence-electron chi connectivity index (χ0n) is 8.91. The molecule has 82 valence electrons. The largest absolute Gasteiger partial charge is 0.504 e. The van der Waals surface area contributed by atoms with Crippen molar-refractivity contribution in [1.82, 2.24) is 5.32 Å². The number of hydrogen-bond donors (Lipinski definition) is 2. The van der Waals surface area contributed by atoms with Crippen molar-refractivity contribution < 1.29 is 14.6 Å². The number of nitrogens with one attached hydrogen (secondary N) is 1. The number of phenolic OH excluding ortho intramolecular Hbond substituents is 1. The summed E-state index contributed by atoms with van der Waals surface area (Å²) in [6, 6.07) is 4.00. The molecule has 0 saturated carbocycles. The van der Waals surface area contributed by atoms with Crippen LogP contribution in [0.4, 0.5) is 0 Å². The Labute approximate surface area is 88.8 Å². The molecule has 1 atom stereocenters. The molecule has 0 aromatic heterocycles. The van der Waals surface area contributed by atoms with Crippen molar-refractivity contribution in [3.05, 3.63) is 17.7 Å². The Morgan fingerprint density at radius 2 is 2.27 bits per heavy atom. The first-order valence-corrected chi connectivity index (χ1v) is 4.99. The van der Waals surface area contributed by atoms with Crippen LogP contribution in [0.2, 0.25) is 0 Å². The molecule has 1 aliphatic rings. The molecular weight excluding hydrogens is 194 g/mol. The molecular formula is C11H15NO3. The van der Waals surface area contributed by atoms with Crippen LogP contribution in [-0.2, 0) is 6.42 Å². The van der Waals surface area contributed by atoms with Crippen LogP contribution in [0, 0.1) is 0 Å². The average molecular weight is 209 g/mol.